The van der Waals surface area contributed by atoms with Gasteiger partial charge in [-0.05, 0) is 24.3 Å². The highest BCUT2D eigenvalue weighted by atomic mass is 32.2. The number of hydrogen-bond donors (Lipinski definition) is 1. The lowest BCUT2D eigenvalue weighted by atomic mass is 10.1. The van der Waals surface area contributed by atoms with Crippen molar-refractivity contribution in [2.45, 2.75) is 11.5 Å². The molecule has 0 saturated heterocycles. The molecule has 0 aliphatic carbocycles. The van der Waals surface area contributed by atoms with Crippen LogP contribution in [0, 0.1) is 0 Å². The Hall–Kier alpha value is -1.66. The van der Waals surface area contributed by atoms with Crippen LogP contribution in [0.5, 0.6) is 0 Å². The molecule has 0 saturated carbocycles. The summed E-state index contributed by atoms with van der Waals surface area (Å²) in [6.07, 6.45) is 2.39. The largest absolute Gasteiger partial charge is 0.443 e. The van der Waals surface area contributed by atoms with Crippen LogP contribution in [0.1, 0.15) is 5.69 Å². The van der Waals surface area contributed by atoms with Crippen LogP contribution in [0.4, 0.5) is 0 Å². The third-order valence-electron chi connectivity index (χ3n) is 2.34. The molecule has 6 heteroatoms. The van der Waals surface area contributed by atoms with Gasteiger partial charge in [0.15, 0.2) is 22.0 Å². The maximum atomic E-state index is 11.3. The standard InChI is InChI=1S/C11H11NO4S/c1-17(14,15)9-4-2-8(3-5-9)11-10(6-13)12-7-16-11/h2-5,7,13H,6H2,1H3. The van der Waals surface area contributed by atoms with E-state index in [2.05, 4.69) is 4.98 Å². The summed E-state index contributed by atoms with van der Waals surface area (Å²) in [6, 6.07) is 6.23. The van der Waals surface area contributed by atoms with Gasteiger partial charge in [0.2, 0.25) is 0 Å². The predicted octanol–water partition coefficient (Wildman–Crippen LogP) is 1.24. The first-order chi connectivity index (χ1) is 8.02. The van der Waals surface area contributed by atoms with Crippen molar-refractivity contribution in [3.8, 4) is 11.3 Å². The van der Waals surface area contributed by atoms with E-state index >= 15 is 0 Å². The van der Waals surface area contributed by atoms with E-state index in [9.17, 15) is 8.42 Å². The second-order valence-corrected chi connectivity index (χ2v) is 5.60. The number of sulfone groups is 1. The molecule has 0 aliphatic heterocycles. The van der Waals surface area contributed by atoms with E-state index in [0.717, 1.165) is 6.26 Å². The summed E-state index contributed by atoms with van der Waals surface area (Å²) in [5, 5.41) is 9.03. The van der Waals surface area contributed by atoms with Crippen LogP contribution < -0.4 is 0 Å². The number of benzene rings is 1. The average Bonchev–Trinajstić information content (AvgIpc) is 2.76. The first-order valence-corrected chi connectivity index (χ1v) is 6.75. The fraction of sp³-hybridized carbons (Fsp3) is 0.182. The van der Waals surface area contributed by atoms with Gasteiger partial charge in [0.05, 0.1) is 11.5 Å². The maximum Gasteiger partial charge on any atom is 0.181 e. The smallest absolute Gasteiger partial charge is 0.181 e. The van der Waals surface area contributed by atoms with Gasteiger partial charge < -0.3 is 9.52 Å². The zero-order chi connectivity index (χ0) is 12.5. The van der Waals surface area contributed by atoms with Gasteiger partial charge in [-0.1, -0.05) is 0 Å². The molecular weight excluding hydrogens is 242 g/mol. The summed E-state index contributed by atoms with van der Waals surface area (Å²) in [6.45, 7) is -0.223. The fourth-order valence-corrected chi connectivity index (χ4v) is 2.10. The van der Waals surface area contributed by atoms with Crippen LogP contribution in [0.2, 0.25) is 0 Å². The van der Waals surface area contributed by atoms with E-state index in [1.54, 1.807) is 12.1 Å². The predicted molar refractivity (Wildman–Crippen MR) is 61.0 cm³/mol. The summed E-state index contributed by atoms with van der Waals surface area (Å²) in [4.78, 5) is 4.09. The Bertz CT molecular complexity index is 613. The second-order valence-electron chi connectivity index (χ2n) is 3.58. The lowest BCUT2D eigenvalue weighted by Crippen LogP contribution is -1.96. The van der Waals surface area contributed by atoms with E-state index in [-0.39, 0.29) is 11.5 Å². The zero-order valence-corrected chi connectivity index (χ0v) is 9.94. The molecule has 0 fully saturated rings. The molecule has 0 radical (unpaired) electrons. The van der Waals surface area contributed by atoms with Crippen molar-refractivity contribution >= 4 is 9.84 Å². The van der Waals surface area contributed by atoms with E-state index in [1.807, 2.05) is 0 Å². The van der Waals surface area contributed by atoms with Crippen molar-refractivity contribution in [1.82, 2.24) is 4.98 Å². The van der Waals surface area contributed by atoms with Crippen LogP contribution in [0.15, 0.2) is 40.0 Å². The van der Waals surface area contributed by atoms with E-state index in [1.165, 1.54) is 18.5 Å². The number of hydrogen-bond acceptors (Lipinski definition) is 5. The van der Waals surface area contributed by atoms with Gasteiger partial charge in [-0.3, -0.25) is 0 Å². The third-order valence-corrected chi connectivity index (χ3v) is 3.46. The second kappa shape index (κ2) is 4.31. The number of oxazole rings is 1. The topological polar surface area (TPSA) is 80.4 Å². The van der Waals surface area contributed by atoms with E-state index < -0.39 is 9.84 Å². The van der Waals surface area contributed by atoms with Crippen LogP contribution in [0.25, 0.3) is 11.3 Å². The van der Waals surface area contributed by atoms with Crippen molar-refractivity contribution in [2.24, 2.45) is 0 Å². The molecule has 0 spiro atoms. The molecular formula is C11H11NO4S. The number of aliphatic hydroxyl groups is 1. The van der Waals surface area contributed by atoms with Gasteiger partial charge in [-0.15, -0.1) is 0 Å². The van der Waals surface area contributed by atoms with Gasteiger partial charge in [-0.25, -0.2) is 13.4 Å². The minimum Gasteiger partial charge on any atom is -0.443 e. The van der Waals surface area contributed by atoms with Gasteiger partial charge in [-0.2, -0.15) is 0 Å². The zero-order valence-electron chi connectivity index (χ0n) is 9.12. The monoisotopic (exact) mass is 253 g/mol. The van der Waals surface area contributed by atoms with Gasteiger partial charge in [0.25, 0.3) is 0 Å². The Morgan fingerprint density at radius 1 is 1.29 bits per heavy atom. The van der Waals surface area contributed by atoms with Crippen LogP contribution in [0.3, 0.4) is 0 Å². The van der Waals surface area contributed by atoms with Crippen molar-refractivity contribution in [1.29, 1.82) is 0 Å². The minimum absolute atomic E-state index is 0.223. The van der Waals surface area contributed by atoms with Crippen LogP contribution in [-0.4, -0.2) is 24.8 Å². The number of rotatable bonds is 3. The molecule has 1 N–H and O–H groups in total. The van der Waals surface area contributed by atoms with E-state index in [0.29, 0.717) is 17.0 Å². The molecule has 5 nitrogen and oxygen atoms in total. The Labute approximate surface area is 98.7 Å². The molecule has 0 atom stereocenters. The Balaban J connectivity index is 2.43. The highest BCUT2D eigenvalue weighted by Gasteiger charge is 2.11. The molecule has 2 rings (SSSR count). The first-order valence-electron chi connectivity index (χ1n) is 4.86. The molecule has 17 heavy (non-hydrogen) atoms. The van der Waals surface area contributed by atoms with Crippen molar-refractivity contribution in [3.63, 3.8) is 0 Å². The molecule has 1 aromatic heterocycles. The normalized spacial score (nSPS) is 11.6. The third kappa shape index (κ3) is 2.37. The summed E-state index contributed by atoms with van der Waals surface area (Å²) in [5.74, 6) is 0.451. The Morgan fingerprint density at radius 2 is 1.94 bits per heavy atom. The van der Waals surface area contributed by atoms with Crippen molar-refractivity contribution < 1.29 is 17.9 Å². The van der Waals surface area contributed by atoms with Crippen molar-refractivity contribution in [2.75, 3.05) is 6.26 Å². The SMILES string of the molecule is CS(=O)(=O)c1ccc(-c2ocnc2CO)cc1. The van der Waals surface area contributed by atoms with Gasteiger partial charge in [0.1, 0.15) is 5.69 Å². The van der Waals surface area contributed by atoms with Gasteiger partial charge >= 0.3 is 0 Å². The Kier molecular flexibility index (Phi) is 2.99. The van der Waals surface area contributed by atoms with Crippen LogP contribution >= 0.6 is 0 Å². The molecule has 1 heterocycles. The summed E-state index contributed by atoms with van der Waals surface area (Å²) in [7, 11) is -3.20. The first kappa shape index (κ1) is 11.8. The van der Waals surface area contributed by atoms with Gasteiger partial charge in [0, 0.05) is 11.8 Å². The highest BCUT2D eigenvalue weighted by molar-refractivity contribution is 7.90. The van der Waals surface area contributed by atoms with Crippen LogP contribution in [-0.2, 0) is 16.4 Å². The minimum atomic E-state index is -3.20. The lowest BCUT2D eigenvalue weighted by molar-refractivity contribution is 0.277. The number of aromatic nitrogens is 1. The molecule has 1 aromatic carbocycles. The molecule has 2 aromatic rings. The van der Waals surface area contributed by atoms with Crippen molar-refractivity contribution in [3.05, 3.63) is 36.4 Å². The Morgan fingerprint density at radius 3 is 2.47 bits per heavy atom. The molecule has 90 valence electrons. The number of aliphatic hydroxyl groups excluding tert-OH is 1. The molecule has 0 amide bonds. The average molecular weight is 253 g/mol. The highest BCUT2D eigenvalue weighted by Crippen LogP contribution is 2.24. The van der Waals surface area contributed by atoms with E-state index in [4.69, 9.17) is 9.52 Å². The number of nitrogens with zero attached hydrogens (tertiary/aromatic N) is 1. The fourth-order valence-electron chi connectivity index (χ4n) is 1.47. The summed E-state index contributed by atoms with van der Waals surface area (Å²) in [5.41, 5.74) is 1.11. The molecule has 0 unspecified atom stereocenters. The molecule has 0 aliphatic rings. The summed E-state index contributed by atoms with van der Waals surface area (Å²) < 4.78 is 27.7. The quantitative estimate of drug-likeness (QED) is 0.890. The maximum absolute atomic E-state index is 11.3. The lowest BCUT2D eigenvalue weighted by Gasteiger charge is -2.01. The summed E-state index contributed by atoms with van der Waals surface area (Å²) >= 11 is 0. The molecule has 0 bridgehead atoms.